The average Bonchev–Trinajstić information content (AvgIpc) is 4.02. The number of nitrogens with one attached hydrogen (secondary N) is 4. The first-order chi connectivity index (χ1) is 29.6. The predicted molar refractivity (Wildman–Crippen MR) is 241 cm³/mol. The number of amides is 2. The number of hydrogen-bond donors (Lipinski definition) is 6. The molecule has 12 nitrogen and oxygen atoms in total. The van der Waals surface area contributed by atoms with Gasteiger partial charge in [0.2, 0.25) is 5.91 Å². The zero-order chi connectivity index (χ0) is 42.4. The Kier molecular flexibility index (Phi) is 10.7. The van der Waals surface area contributed by atoms with Gasteiger partial charge in [0.1, 0.15) is 0 Å². The molecule has 0 saturated heterocycles. The fourth-order valence-electron chi connectivity index (χ4n) is 9.45. The number of aryl methyl sites for hydroxylation is 1. The van der Waals surface area contributed by atoms with Gasteiger partial charge in [0.05, 0.1) is 19.4 Å². The highest BCUT2D eigenvalue weighted by molar-refractivity contribution is 6.20. The van der Waals surface area contributed by atoms with E-state index >= 15 is 0 Å². The van der Waals surface area contributed by atoms with Crippen LogP contribution in [0.2, 0.25) is 0 Å². The first kappa shape index (κ1) is 39.8. The van der Waals surface area contributed by atoms with Gasteiger partial charge in [0, 0.05) is 120 Å². The molecular formula is C49H51N7O5. The molecule has 0 aliphatic carbocycles. The molecule has 12 heteroatoms. The molecule has 4 aromatic carbocycles. The third-order valence-corrected chi connectivity index (χ3v) is 12.1. The maximum Gasteiger partial charge on any atom is 0.311 e. The SMILES string of the molecule is CCOC(=O)Cc1cc2c(-c3c4n(c5ccccc35)CCC(CO)C4)c(-c3c(CC(N)=O)[nH]c4ccccc34)c(-c3c[nH]c4cc(C(=O)NCCCN(C)C)ccc34)cc2[nH]1. The number of hydrogen-bond acceptors (Lipinski definition) is 6. The smallest absolute Gasteiger partial charge is 0.311 e. The number of carbonyl (C=O) groups excluding carboxylic acids is 3. The van der Waals surface area contributed by atoms with Crippen molar-refractivity contribution in [3.63, 3.8) is 0 Å². The standard InChI is InChI=1S/C49H51N7O5/c1-4-61-44(59)23-30-22-35-39(53-30)24-34(36-26-52-38-21-29(14-15-31(36)38)49(60)51-17-9-18-55(2)3)47(45-32-10-5-7-12-37(32)54-40(45)25-43(50)58)48(35)46-33-11-6-8-13-41(33)56-19-16-28(27-57)20-42(46)56/h5-8,10-15,21-22,24,26,28,52-54,57H,4,9,16-20,23,25,27H2,1-3H3,(H2,50,58)(H,51,60). The number of aliphatic hydroxyl groups is 1. The number of para-hydroxylation sites is 2. The minimum atomic E-state index is -0.465. The third kappa shape index (κ3) is 7.36. The van der Waals surface area contributed by atoms with Gasteiger partial charge >= 0.3 is 5.97 Å². The molecule has 0 spiro atoms. The van der Waals surface area contributed by atoms with Crippen LogP contribution in [0.1, 0.15) is 47.2 Å². The summed E-state index contributed by atoms with van der Waals surface area (Å²) in [6.45, 7) is 4.36. The lowest BCUT2D eigenvalue weighted by atomic mass is 9.82. The Morgan fingerprint density at radius 3 is 2.44 bits per heavy atom. The van der Waals surface area contributed by atoms with Gasteiger partial charge in [-0.3, -0.25) is 14.4 Å². The fourth-order valence-corrected chi connectivity index (χ4v) is 9.45. The van der Waals surface area contributed by atoms with Crippen LogP contribution in [0, 0.1) is 5.92 Å². The van der Waals surface area contributed by atoms with E-state index in [0.29, 0.717) is 29.9 Å². The van der Waals surface area contributed by atoms with Crippen LogP contribution < -0.4 is 11.1 Å². The van der Waals surface area contributed by atoms with E-state index in [1.165, 1.54) is 0 Å². The van der Waals surface area contributed by atoms with Crippen molar-refractivity contribution >= 4 is 61.4 Å². The van der Waals surface area contributed by atoms with Crippen molar-refractivity contribution in [2.75, 3.05) is 40.4 Å². The highest BCUT2D eigenvalue weighted by Gasteiger charge is 2.32. The predicted octanol–water partition coefficient (Wildman–Crippen LogP) is 7.46. The van der Waals surface area contributed by atoms with Crippen LogP contribution in [0.25, 0.3) is 77.0 Å². The molecule has 1 aliphatic rings. The van der Waals surface area contributed by atoms with E-state index in [1.807, 2.05) is 56.7 Å². The van der Waals surface area contributed by atoms with Gasteiger partial charge in [-0.2, -0.15) is 0 Å². The van der Waals surface area contributed by atoms with Crippen LogP contribution in [0.4, 0.5) is 0 Å². The number of rotatable bonds is 14. The Balaban J connectivity index is 1.37. The monoisotopic (exact) mass is 817 g/mol. The van der Waals surface area contributed by atoms with E-state index in [0.717, 1.165) is 109 Å². The summed E-state index contributed by atoms with van der Waals surface area (Å²) in [5.74, 6) is -0.853. The summed E-state index contributed by atoms with van der Waals surface area (Å²) in [6.07, 6.45) is 4.38. The molecule has 9 rings (SSSR count). The van der Waals surface area contributed by atoms with Crippen molar-refractivity contribution in [2.45, 2.75) is 45.6 Å². The molecule has 0 radical (unpaired) electrons. The van der Waals surface area contributed by atoms with Gasteiger partial charge in [-0.05, 0) is 94.7 Å². The largest absolute Gasteiger partial charge is 0.466 e. The molecule has 7 N–H and O–H groups in total. The van der Waals surface area contributed by atoms with Crippen molar-refractivity contribution in [2.24, 2.45) is 11.7 Å². The molecule has 4 aromatic heterocycles. The summed E-state index contributed by atoms with van der Waals surface area (Å²) in [5, 5.41) is 17.4. The number of ether oxygens (including phenoxy) is 1. The first-order valence-electron chi connectivity index (χ1n) is 21.1. The number of nitrogens with two attached hydrogens (primary N) is 1. The number of aromatic nitrogens is 4. The van der Waals surface area contributed by atoms with E-state index in [2.05, 4.69) is 72.2 Å². The second kappa shape index (κ2) is 16.4. The zero-order valence-electron chi connectivity index (χ0n) is 34.8. The lowest BCUT2D eigenvalue weighted by Crippen LogP contribution is -2.27. The Morgan fingerprint density at radius 2 is 1.66 bits per heavy atom. The van der Waals surface area contributed by atoms with E-state index < -0.39 is 5.91 Å². The number of benzene rings is 4. The number of aromatic amines is 3. The number of nitrogens with zero attached hydrogens (tertiary/aromatic N) is 2. The van der Waals surface area contributed by atoms with Gasteiger partial charge in [0.15, 0.2) is 0 Å². The molecule has 8 aromatic rings. The number of aliphatic hydroxyl groups excluding tert-OH is 1. The Bertz CT molecular complexity index is 2980. The number of fused-ring (bicyclic) bond motifs is 6. The van der Waals surface area contributed by atoms with Gasteiger partial charge in [-0.25, -0.2) is 0 Å². The highest BCUT2D eigenvalue weighted by atomic mass is 16.5. The summed E-state index contributed by atoms with van der Waals surface area (Å²) in [4.78, 5) is 52.0. The Morgan fingerprint density at radius 1 is 0.852 bits per heavy atom. The van der Waals surface area contributed by atoms with Gasteiger partial charge < -0.3 is 45.3 Å². The van der Waals surface area contributed by atoms with Crippen LogP contribution in [-0.4, -0.2) is 87.7 Å². The minimum absolute atomic E-state index is 0.0235. The van der Waals surface area contributed by atoms with Crippen LogP contribution in [0.15, 0.2) is 85.1 Å². The highest BCUT2D eigenvalue weighted by Crippen LogP contribution is 2.52. The van der Waals surface area contributed by atoms with Gasteiger partial charge in [-0.15, -0.1) is 0 Å². The normalized spacial score (nSPS) is 14.1. The number of H-pyrrole nitrogens is 3. The fraction of sp³-hybridized carbons (Fsp3) is 0.286. The van der Waals surface area contributed by atoms with E-state index in [1.54, 1.807) is 6.92 Å². The molecule has 1 unspecified atom stereocenters. The van der Waals surface area contributed by atoms with Crippen LogP contribution in [0.3, 0.4) is 0 Å². The Hall–Kier alpha value is -6.63. The number of primary amides is 1. The van der Waals surface area contributed by atoms with Crippen LogP contribution in [0.5, 0.6) is 0 Å². The molecule has 1 aliphatic heterocycles. The summed E-state index contributed by atoms with van der Waals surface area (Å²) in [6, 6.07) is 26.4. The molecule has 2 amide bonds. The summed E-state index contributed by atoms with van der Waals surface area (Å²) >= 11 is 0. The van der Waals surface area contributed by atoms with Crippen molar-refractivity contribution in [1.82, 2.24) is 29.7 Å². The van der Waals surface area contributed by atoms with Crippen molar-refractivity contribution in [3.05, 3.63) is 108 Å². The summed E-state index contributed by atoms with van der Waals surface area (Å²) < 4.78 is 7.80. The number of carbonyl (C=O) groups is 3. The lowest BCUT2D eigenvalue weighted by molar-refractivity contribution is -0.142. The molecule has 61 heavy (non-hydrogen) atoms. The molecule has 0 fully saturated rings. The minimum Gasteiger partial charge on any atom is -0.466 e. The maximum absolute atomic E-state index is 13.3. The molecule has 1 atom stereocenters. The van der Waals surface area contributed by atoms with E-state index in [9.17, 15) is 19.5 Å². The molecular weight excluding hydrogens is 767 g/mol. The second-order valence-corrected chi connectivity index (χ2v) is 16.5. The average molecular weight is 818 g/mol. The van der Waals surface area contributed by atoms with Crippen molar-refractivity contribution in [1.29, 1.82) is 0 Å². The zero-order valence-corrected chi connectivity index (χ0v) is 34.8. The maximum atomic E-state index is 13.3. The molecule has 312 valence electrons. The van der Waals surface area contributed by atoms with E-state index in [-0.39, 0.29) is 43.8 Å². The van der Waals surface area contributed by atoms with Crippen molar-refractivity contribution < 1.29 is 24.2 Å². The van der Waals surface area contributed by atoms with Gasteiger partial charge in [-0.1, -0.05) is 42.5 Å². The molecule has 0 saturated carbocycles. The number of esters is 1. The van der Waals surface area contributed by atoms with Gasteiger partial charge in [0.25, 0.3) is 5.91 Å². The van der Waals surface area contributed by atoms with Crippen LogP contribution in [-0.2, 0) is 40.1 Å². The van der Waals surface area contributed by atoms with Crippen LogP contribution >= 0.6 is 0 Å². The summed E-state index contributed by atoms with van der Waals surface area (Å²) in [7, 11) is 4.03. The molecule has 5 heterocycles. The second-order valence-electron chi connectivity index (χ2n) is 16.5. The van der Waals surface area contributed by atoms with E-state index in [4.69, 9.17) is 10.5 Å². The topological polar surface area (TPSA) is 174 Å². The quantitative estimate of drug-likeness (QED) is 0.0491. The Labute approximate surface area is 353 Å². The lowest BCUT2D eigenvalue weighted by Gasteiger charge is -2.25. The molecule has 0 bridgehead atoms. The third-order valence-electron chi connectivity index (χ3n) is 12.1. The summed E-state index contributed by atoms with van der Waals surface area (Å²) in [5.41, 5.74) is 18.2. The first-order valence-corrected chi connectivity index (χ1v) is 21.1. The van der Waals surface area contributed by atoms with Crippen molar-refractivity contribution in [3.8, 4) is 33.4 Å².